The van der Waals surface area contributed by atoms with Crippen LogP contribution < -0.4 is 0 Å². The van der Waals surface area contributed by atoms with E-state index < -0.39 is 0 Å². The van der Waals surface area contributed by atoms with Crippen molar-refractivity contribution in [2.24, 2.45) is 5.92 Å². The van der Waals surface area contributed by atoms with E-state index in [9.17, 15) is 4.79 Å². The predicted molar refractivity (Wildman–Crippen MR) is 82.7 cm³/mol. The molecule has 0 fully saturated rings. The van der Waals surface area contributed by atoms with Crippen LogP contribution in [-0.2, 0) is 16.0 Å². The highest BCUT2D eigenvalue weighted by atomic mass is 16.5. The summed E-state index contributed by atoms with van der Waals surface area (Å²) in [7, 11) is 1.43. The molecule has 2 rings (SSSR count). The highest BCUT2D eigenvalue weighted by molar-refractivity contribution is 5.72. The normalized spacial score (nSPS) is 12.2. The van der Waals surface area contributed by atoms with E-state index in [0.717, 1.165) is 22.6 Å². The fourth-order valence-corrected chi connectivity index (χ4v) is 2.57. The van der Waals surface area contributed by atoms with Crippen molar-refractivity contribution in [2.45, 2.75) is 34.1 Å². The molecule has 0 N–H and O–H groups in total. The highest BCUT2D eigenvalue weighted by Gasteiger charge is 2.20. The first-order chi connectivity index (χ1) is 9.93. The number of hydrogen-bond donors (Lipinski definition) is 0. The number of ether oxygens (including phenoxy) is 1. The maximum atomic E-state index is 11.6. The molecule has 0 radical (unpaired) electrons. The Morgan fingerprint density at radius 3 is 2.67 bits per heavy atom. The number of rotatable bonds is 4. The van der Waals surface area contributed by atoms with Crippen molar-refractivity contribution >= 4 is 5.97 Å². The second-order valence-electron chi connectivity index (χ2n) is 5.53. The van der Waals surface area contributed by atoms with Crippen LogP contribution in [0.3, 0.4) is 0 Å². The summed E-state index contributed by atoms with van der Waals surface area (Å²) < 4.78 is 6.75. The Morgan fingerprint density at radius 2 is 2.05 bits per heavy atom. The van der Waals surface area contributed by atoms with Crippen LogP contribution in [0, 0.1) is 26.7 Å². The van der Waals surface area contributed by atoms with Crippen LogP contribution in [0.2, 0.25) is 0 Å². The number of hydrogen-bond acceptors (Lipinski definition) is 3. The van der Waals surface area contributed by atoms with Crippen molar-refractivity contribution in [2.75, 3.05) is 7.11 Å². The molecule has 1 unspecified atom stereocenters. The summed E-state index contributed by atoms with van der Waals surface area (Å²) in [5.41, 5.74) is 5.41. The van der Waals surface area contributed by atoms with Gasteiger partial charge in [-0.2, -0.15) is 5.10 Å². The number of nitrogens with zero attached hydrogens (tertiary/aromatic N) is 2. The molecule has 1 aromatic heterocycles. The average molecular weight is 286 g/mol. The van der Waals surface area contributed by atoms with Crippen molar-refractivity contribution in [3.8, 4) is 5.69 Å². The first kappa shape index (κ1) is 15.3. The number of benzene rings is 1. The van der Waals surface area contributed by atoms with E-state index in [-0.39, 0.29) is 11.9 Å². The van der Waals surface area contributed by atoms with Crippen LogP contribution in [0.4, 0.5) is 0 Å². The molecule has 4 nitrogen and oxygen atoms in total. The first-order valence-corrected chi connectivity index (χ1v) is 7.14. The molecule has 0 aliphatic rings. The Kier molecular flexibility index (Phi) is 4.46. The van der Waals surface area contributed by atoms with Crippen LogP contribution in [0.1, 0.15) is 29.4 Å². The number of aryl methyl sites for hydroxylation is 2. The van der Waals surface area contributed by atoms with E-state index >= 15 is 0 Å². The molecule has 4 heteroatoms. The second-order valence-corrected chi connectivity index (χ2v) is 5.53. The number of carbonyl (C=O) groups excluding carboxylic acids is 1. The zero-order valence-electron chi connectivity index (χ0n) is 13.3. The Labute approximate surface area is 125 Å². The van der Waals surface area contributed by atoms with E-state index in [2.05, 4.69) is 24.2 Å². The molecule has 112 valence electrons. The van der Waals surface area contributed by atoms with Gasteiger partial charge in [0, 0.05) is 5.69 Å². The minimum Gasteiger partial charge on any atom is -0.469 e. The fraction of sp³-hybridized carbons (Fsp3) is 0.412. The van der Waals surface area contributed by atoms with Crippen LogP contribution in [-0.4, -0.2) is 22.9 Å². The van der Waals surface area contributed by atoms with E-state index in [0.29, 0.717) is 6.42 Å². The largest absolute Gasteiger partial charge is 0.469 e. The number of esters is 1. The van der Waals surface area contributed by atoms with Gasteiger partial charge in [0.25, 0.3) is 0 Å². The van der Waals surface area contributed by atoms with Gasteiger partial charge in [0.05, 0.1) is 24.4 Å². The molecular weight excluding hydrogens is 264 g/mol. The lowest BCUT2D eigenvalue weighted by atomic mass is 10.00. The molecule has 0 aliphatic heterocycles. The van der Waals surface area contributed by atoms with Gasteiger partial charge in [0.2, 0.25) is 0 Å². The SMILES string of the molecule is COC(=O)C(C)Cc1c(C)nn(-c2cccc(C)c2)c1C. The van der Waals surface area contributed by atoms with Gasteiger partial charge in [-0.1, -0.05) is 19.1 Å². The van der Waals surface area contributed by atoms with E-state index in [4.69, 9.17) is 4.74 Å². The van der Waals surface area contributed by atoms with Gasteiger partial charge in [-0.15, -0.1) is 0 Å². The minimum absolute atomic E-state index is 0.164. The quantitative estimate of drug-likeness (QED) is 0.811. The summed E-state index contributed by atoms with van der Waals surface area (Å²) in [6.07, 6.45) is 0.649. The molecule has 1 aromatic carbocycles. The molecule has 1 atom stereocenters. The van der Waals surface area contributed by atoms with Gasteiger partial charge >= 0.3 is 5.97 Å². The Morgan fingerprint density at radius 1 is 1.33 bits per heavy atom. The lowest BCUT2D eigenvalue weighted by Crippen LogP contribution is -2.15. The Hall–Kier alpha value is -2.10. The molecule has 0 bridgehead atoms. The second kappa shape index (κ2) is 6.12. The van der Waals surface area contributed by atoms with Gasteiger partial charge in [-0.05, 0) is 50.5 Å². The monoisotopic (exact) mass is 286 g/mol. The third-order valence-corrected chi connectivity index (χ3v) is 3.80. The maximum absolute atomic E-state index is 11.6. The Bertz CT molecular complexity index is 659. The molecule has 21 heavy (non-hydrogen) atoms. The lowest BCUT2D eigenvalue weighted by Gasteiger charge is -2.10. The van der Waals surface area contributed by atoms with Gasteiger partial charge in [-0.25, -0.2) is 4.68 Å². The van der Waals surface area contributed by atoms with Crippen molar-refractivity contribution in [3.05, 3.63) is 46.8 Å². The van der Waals surface area contributed by atoms with Crippen LogP contribution in [0.15, 0.2) is 24.3 Å². The van der Waals surface area contributed by atoms with Crippen molar-refractivity contribution in [1.82, 2.24) is 9.78 Å². The fourth-order valence-electron chi connectivity index (χ4n) is 2.57. The van der Waals surface area contributed by atoms with Gasteiger partial charge in [0.15, 0.2) is 0 Å². The van der Waals surface area contributed by atoms with E-state index in [1.165, 1.54) is 12.7 Å². The van der Waals surface area contributed by atoms with E-state index in [1.54, 1.807) is 0 Å². The maximum Gasteiger partial charge on any atom is 0.308 e. The molecule has 2 aromatic rings. The third kappa shape index (κ3) is 3.15. The number of methoxy groups -OCH3 is 1. The average Bonchev–Trinajstić information content (AvgIpc) is 2.74. The van der Waals surface area contributed by atoms with Crippen molar-refractivity contribution in [3.63, 3.8) is 0 Å². The van der Waals surface area contributed by atoms with Gasteiger partial charge in [0.1, 0.15) is 0 Å². The molecular formula is C17H22N2O2. The van der Waals surface area contributed by atoms with Crippen LogP contribution in [0.5, 0.6) is 0 Å². The molecule has 0 spiro atoms. The summed E-state index contributed by atoms with van der Waals surface area (Å²) in [5.74, 6) is -0.348. The van der Waals surface area contributed by atoms with Crippen molar-refractivity contribution in [1.29, 1.82) is 0 Å². The lowest BCUT2D eigenvalue weighted by molar-refractivity contribution is -0.144. The van der Waals surface area contributed by atoms with Crippen LogP contribution >= 0.6 is 0 Å². The summed E-state index contributed by atoms with van der Waals surface area (Å²) >= 11 is 0. The van der Waals surface area contributed by atoms with Crippen LogP contribution in [0.25, 0.3) is 5.69 Å². The third-order valence-electron chi connectivity index (χ3n) is 3.80. The molecule has 1 heterocycles. The standard InChI is InChI=1S/C17H22N2O2/c1-11-7-6-8-15(9-11)19-14(4)16(13(3)18-19)10-12(2)17(20)21-5/h6-9,12H,10H2,1-5H3. The minimum atomic E-state index is -0.183. The molecule has 0 aliphatic carbocycles. The zero-order chi connectivity index (χ0) is 15.6. The number of aromatic nitrogens is 2. The number of carbonyl (C=O) groups is 1. The summed E-state index contributed by atoms with van der Waals surface area (Å²) in [6.45, 7) is 7.98. The smallest absolute Gasteiger partial charge is 0.308 e. The van der Waals surface area contributed by atoms with E-state index in [1.807, 2.05) is 37.6 Å². The summed E-state index contributed by atoms with van der Waals surface area (Å²) in [4.78, 5) is 11.6. The molecule has 0 amide bonds. The molecule has 0 saturated heterocycles. The zero-order valence-corrected chi connectivity index (χ0v) is 13.3. The summed E-state index contributed by atoms with van der Waals surface area (Å²) in [6, 6.07) is 8.24. The van der Waals surface area contributed by atoms with Gasteiger partial charge < -0.3 is 4.74 Å². The highest BCUT2D eigenvalue weighted by Crippen LogP contribution is 2.21. The van der Waals surface area contributed by atoms with Gasteiger partial charge in [-0.3, -0.25) is 4.79 Å². The Balaban J connectivity index is 2.36. The predicted octanol–water partition coefficient (Wildman–Crippen LogP) is 3.15. The summed E-state index contributed by atoms with van der Waals surface area (Å²) in [5, 5.41) is 4.62. The van der Waals surface area contributed by atoms with Crippen molar-refractivity contribution < 1.29 is 9.53 Å². The first-order valence-electron chi connectivity index (χ1n) is 7.14. The molecule has 0 saturated carbocycles. The topological polar surface area (TPSA) is 44.1 Å².